The molecule has 0 unspecified atom stereocenters. The van der Waals surface area contributed by atoms with E-state index in [9.17, 15) is 79.4 Å². The van der Waals surface area contributed by atoms with Gasteiger partial charge in [-0.05, 0) is 0 Å². The van der Waals surface area contributed by atoms with E-state index in [1.807, 2.05) is 0 Å². The van der Waals surface area contributed by atoms with Crippen molar-refractivity contribution < 1.29 is 83.7 Å². The molecule has 0 aromatic carbocycles. The predicted octanol–water partition coefficient (Wildman–Crippen LogP) is 5.69. The maximum Gasteiger partial charge on any atom is 0.460 e. The lowest BCUT2D eigenvalue weighted by atomic mass is 9.89. The summed E-state index contributed by atoms with van der Waals surface area (Å²) >= 11 is 3.79. The first-order valence-electron chi connectivity index (χ1n) is 5.78. The van der Waals surface area contributed by atoms with Crippen molar-refractivity contribution in [3.8, 4) is 0 Å². The molecule has 0 saturated heterocycles. The van der Waals surface area contributed by atoms with Crippen molar-refractivity contribution in [2.24, 2.45) is 0 Å². The van der Waals surface area contributed by atoms with Crippen molar-refractivity contribution in [2.75, 3.05) is 0 Å². The van der Waals surface area contributed by atoms with Crippen LogP contribution in [0.3, 0.4) is 0 Å². The summed E-state index contributed by atoms with van der Waals surface area (Å²) < 4.78 is 218. The van der Waals surface area contributed by atoms with Crippen LogP contribution in [0.4, 0.5) is 74.6 Å². The first kappa shape index (κ1) is 27.6. The number of hydrogen-bond donors (Lipinski definition) is 0. The van der Waals surface area contributed by atoms with E-state index in [0.29, 0.717) is 0 Å². The average molecular weight is 499 g/mol. The smallest absolute Gasteiger partial charge is 0.342 e. The van der Waals surface area contributed by atoms with E-state index < -0.39 is 53.6 Å². The molecule has 0 aromatic rings. The monoisotopic (exact) mass is 498 g/mol. The second-order valence-electron chi connectivity index (χ2n) is 4.88. The molecule has 0 atom stereocenters. The number of rotatable bonds is 7. The number of alkyl halides is 17. The Balaban J connectivity index is 6.77. The van der Waals surface area contributed by atoms with Crippen LogP contribution in [0, 0.1) is 0 Å². The lowest BCUT2D eigenvalue weighted by Gasteiger charge is -2.42. The summed E-state index contributed by atoms with van der Waals surface area (Å²) in [5.74, 6) is -62.4. The standard InChI is InChI=1S/C9ClF17O2/c10-29-1(28)2(11,12)3(13,14)4(15,16)5(17,18)6(19,20)7(21,22)8(23,24)9(25,26)27. The molecule has 174 valence electrons. The molecule has 0 radical (unpaired) electrons. The highest BCUT2D eigenvalue weighted by Gasteiger charge is 2.95. The van der Waals surface area contributed by atoms with Gasteiger partial charge < -0.3 is 4.29 Å². The predicted molar refractivity (Wildman–Crippen MR) is 52.6 cm³/mol. The molecule has 2 nitrogen and oxygen atoms in total. The zero-order chi connectivity index (χ0) is 24.3. The molecule has 0 aliphatic carbocycles. The van der Waals surface area contributed by atoms with Gasteiger partial charge in [-0.25, -0.2) is 4.79 Å². The van der Waals surface area contributed by atoms with Gasteiger partial charge in [0.25, 0.3) is 0 Å². The largest absolute Gasteiger partial charge is 0.460 e. The quantitative estimate of drug-likeness (QED) is 0.422. The zero-order valence-electron chi connectivity index (χ0n) is 12.1. The molecule has 0 fully saturated rings. The highest BCUT2D eigenvalue weighted by atomic mass is 35.5. The molecular weight excluding hydrogens is 499 g/mol. The maximum atomic E-state index is 13.1. The van der Waals surface area contributed by atoms with E-state index in [0.717, 1.165) is 0 Å². The molecule has 20 heteroatoms. The molecule has 29 heavy (non-hydrogen) atoms. The van der Waals surface area contributed by atoms with Crippen LogP contribution in [0.25, 0.3) is 0 Å². The van der Waals surface area contributed by atoms with Gasteiger partial charge in [-0.2, -0.15) is 74.6 Å². The molecule has 0 N–H and O–H groups in total. The number of halogens is 18. The van der Waals surface area contributed by atoms with Crippen LogP contribution in [0.2, 0.25) is 0 Å². The SMILES string of the molecule is O=C(OCl)C(F)(F)C(F)(F)C(F)(F)C(F)(F)C(F)(F)C(F)(F)C(F)(F)C(F)(F)F. The summed E-state index contributed by atoms with van der Waals surface area (Å²) in [6.07, 6.45) is -7.83. The third kappa shape index (κ3) is 3.31. The molecular formula is C9ClF17O2. The second kappa shape index (κ2) is 6.79. The van der Waals surface area contributed by atoms with Gasteiger partial charge in [-0.3, -0.25) is 0 Å². The van der Waals surface area contributed by atoms with Gasteiger partial charge in [0.15, 0.2) is 0 Å². The van der Waals surface area contributed by atoms with E-state index in [4.69, 9.17) is 0 Å². The molecule has 0 spiro atoms. The Morgan fingerprint density at radius 2 is 0.724 bits per heavy atom. The normalized spacial score (nSPS) is 16.1. The van der Waals surface area contributed by atoms with Crippen LogP contribution >= 0.6 is 11.9 Å². The maximum absolute atomic E-state index is 13.1. The van der Waals surface area contributed by atoms with Gasteiger partial charge in [0.2, 0.25) is 0 Å². The summed E-state index contributed by atoms with van der Waals surface area (Å²) in [5, 5.41) is 0. The Kier molecular flexibility index (Phi) is 6.46. The highest BCUT2D eigenvalue weighted by molar-refractivity contribution is 6.14. The first-order chi connectivity index (χ1) is 12.2. The summed E-state index contributed by atoms with van der Waals surface area (Å²) in [4.78, 5) is 10.2. The lowest BCUT2D eigenvalue weighted by molar-refractivity contribution is -0.459. The number of carbonyl (C=O) groups is 1. The van der Waals surface area contributed by atoms with E-state index in [1.165, 1.54) is 0 Å². The van der Waals surface area contributed by atoms with Gasteiger partial charge in [0.05, 0.1) is 0 Å². The molecule has 0 aromatic heterocycles. The van der Waals surface area contributed by atoms with Crippen molar-refractivity contribution in [1.29, 1.82) is 0 Å². The minimum absolute atomic E-state index is 2.28. The molecule has 0 saturated carbocycles. The van der Waals surface area contributed by atoms with Gasteiger partial charge >= 0.3 is 53.6 Å². The number of hydrogen-bond acceptors (Lipinski definition) is 2. The summed E-state index contributed by atoms with van der Waals surface area (Å²) in [6.45, 7) is 0. The molecule has 0 bridgehead atoms. The van der Waals surface area contributed by atoms with E-state index in [2.05, 4.69) is 16.2 Å². The number of carbonyl (C=O) groups excluding carboxylic acids is 1. The third-order valence-corrected chi connectivity index (χ3v) is 3.19. The fourth-order valence-electron chi connectivity index (χ4n) is 1.34. The van der Waals surface area contributed by atoms with Gasteiger partial charge in [-0.1, -0.05) is 0 Å². The van der Waals surface area contributed by atoms with Gasteiger partial charge in [0, 0.05) is 0 Å². The molecule has 0 aliphatic rings. The Bertz CT molecular complexity index is 635. The minimum Gasteiger partial charge on any atom is -0.342 e. The van der Waals surface area contributed by atoms with Crippen molar-refractivity contribution in [3.05, 3.63) is 0 Å². The third-order valence-electron chi connectivity index (χ3n) is 3.05. The summed E-state index contributed by atoms with van der Waals surface area (Å²) in [5.41, 5.74) is 0. The Morgan fingerprint density at radius 3 is 0.966 bits per heavy atom. The lowest BCUT2D eigenvalue weighted by Crippen LogP contribution is -2.75. The molecule has 0 aliphatic heterocycles. The van der Waals surface area contributed by atoms with Gasteiger partial charge in [-0.15, -0.1) is 0 Å². The molecule has 0 rings (SSSR count). The fraction of sp³-hybridized carbons (Fsp3) is 0.889. The first-order valence-corrected chi connectivity index (χ1v) is 6.08. The highest BCUT2D eigenvalue weighted by Crippen LogP contribution is 2.63. The fourth-order valence-corrected chi connectivity index (χ4v) is 1.44. The molecule has 0 heterocycles. The van der Waals surface area contributed by atoms with Crippen molar-refractivity contribution in [2.45, 2.75) is 47.6 Å². The zero-order valence-corrected chi connectivity index (χ0v) is 12.9. The van der Waals surface area contributed by atoms with Crippen LogP contribution in [0.5, 0.6) is 0 Å². The van der Waals surface area contributed by atoms with E-state index in [-0.39, 0.29) is 0 Å². The van der Waals surface area contributed by atoms with Crippen LogP contribution in [-0.4, -0.2) is 53.6 Å². The van der Waals surface area contributed by atoms with Crippen LogP contribution in [-0.2, 0) is 9.08 Å². The van der Waals surface area contributed by atoms with Crippen LogP contribution < -0.4 is 0 Å². The van der Waals surface area contributed by atoms with E-state index >= 15 is 0 Å². The minimum atomic E-state index is -8.76. The Hall–Kier alpha value is -1.43. The van der Waals surface area contributed by atoms with Crippen LogP contribution in [0.15, 0.2) is 0 Å². The van der Waals surface area contributed by atoms with Crippen molar-refractivity contribution >= 4 is 17.8 Å². The van der Waals surface area contributed by atoms with Crippen molar-refractivity contribution in [1.82, 2.24) is 0 Å². The topological polar surface area (TPSA) is 26.3 Å². The second-order valence-corrected chi connectivity index (χ2v) is 5.04. The van der Waals surface area contributed by atoms with E-state index in [1.54, 1.807) is 0 Å². The average Bonchev–Trinajstić information content (AvgIpc) is 2.51. The van der Waals surface area contributed by atoms with Crippen molar-refractivity contribution in [3.63, 3.8) is 0 Å². The van der Waals surface area contributed by atoms with Gasteiger partial charge in [0.1, 0.15) is 11.9 Å². The summed E-state index contributed by atoms with van der Waals surface area (Å²) in [6, 6.07) is 0. The summed E-state index contributed by atoms with van der Waals surface area (Å²) in [7, 11) is 0. The Morgan fingerprint density at radius 1 is 0.483 bits per heavy atom. The van der Waals surface area contributed by atoms with Crippen LogP contribution in [0.1, 0.15) is 0 Å². The molecule has 0 amide bonds. The Labute approximate surface area is 150 Å².